The maximum absolute atomic E-state index is 4.31. The van der Waals surface area contributed by atoms with Crippen molar-refractivity contribution in [3.63, 3.8) is 0 Å². The van der Waals surface area contributed by atoms with Gasteiger partial charge in [0.1, 0.15) is 17.7 Å². The largest absolute Gasteiger partial charge is 0.338 e. The molecule has 2 heterocycles. The van der Waals surface area contributed by atoms with Gasteiger partial charge >= 0.3 is 0 Å². The summed E-state index contributed by atoms with van der Waals surface area (Å²) in [4.78, 5) is 15.4. The predicted molar refractivity (Wildman–Crippen MR) is 49.2 cm³/mol. The Bertz CT molecular complexity index is 375. The van der Waals surface area contributed by atoms with Crippen molar-refractivity contribution in [2.24, 2.45) is 0 Å². The third-order valence-electron chi connectivity index (χ3n) is 2.02. The van der Waals surface area contributed by atoms with Crippen LogP contribution in [0.4, 0.5) is 0 Å². The average Bonchev–Trinajstić information content (AvgIpc) is 2.59. The van der Waals surface area contributed by atoms with Gasteiger partial charge < -0.3 is 10.3 Å². The first-order valence-electron chi connectivity index (χ1n) is 4.14. The third kappa shape index (κ3) is 1.38. The number of fused-ring (bicyclic) bond motifs is 1. The summed E-state index contributed by atoms with van der Waals surface area (Å²) in [6.07, 6.45) is 3.22. The quantitative estimate of drug-likeness (QED) is 0.706. The molecule has 0 saturated carbocycles. The molecule has 0 aromatic carbocycles. The summed E-state index contributed by atoms with van der Waals surface area (Å²) in [5.74, 6) is 0.887. The number of aromatic nitrogens is 4. The SMILES string of the molecule is CNC(C)c1nc2ncncc2[nH]1. The van der Waals surface area contributed by atoms with E-state index in [1.54, 1.807) is 6.20 Å². The zero-order valence-electron chi connectivity index (χ0n) is 7.57. The molecule has 68 valence electrons. The van der Waals surface area contributed by atoms with E-state index in [4.69, 9.17) is 0 Å². The molecule has 0 radical (unpaired) electrons. The van der Waals surface area contributed by atoms with Crippen LogP contribution in [0.25, 0.3) is 11.2 Å². The summed E-state index contributed by atoms with van der Waals surface area (Å²) in [6.45, 7) is 2.03. The summed E-state index contributed by atoms with van der Waals surface area (Å²) in [7, 11) is 1.89. The second-order valence-electron chi connectivity index (χ2n) is 2.89. The highest BCUT2D eigenvalue weighted by atomic mass is 15.1. The molecule has 0 saturated heterocycles. The van der Waals surface area contributed by atoms with Crippen LogP contribution in [-0.2, 0) is 0 Å². The molecule has 5 heteroatoms. The van der Waals surface area contributed by atoms with E-state index in [2.05, 4.69) is 25.3 Å². The number of hydrogen-bond acceptors (Lipinski definition) is 4. The van der Waals surface area contributed by atoms with Crippen LogP contribution in [0.15, 0.2) is 12.5 Å². The lowest BCUT2D eigenvalue weighted by atomic mass is 10.3. The summed E-state index contributed by atoms with van der Waals surface area (Å²) in [5.41, 5.74) is 1.59. The maximum atomic E-state index is 4.31. The Morgan fingerprint density at radius 3 is 3.08 bits per heavy atom. The van der Waals surface area contributed by atoms with Gasteiger partial charge in [0.2, 0.25) is 0 Å². The van der Waals surface area contributed by atoms with E-state index in [-0.39, 0.29) is 6.04 Å². The fraction of sp³-hybridized carbons (Fsp3) is 0.375. The molecule has 0 amide bonds. The molecule has 0 aliphatic rings. The van der Waals surface area contributed by atoms with E-state index in [0.717, 1.165) is 11.3 Å². The molecule has 13 heavy (non-hydrogen) atoms. The van der Waals surface area contributed by atoms with Crippen molar-refractivity contribution in [2.75, 3.05) is 7.05 Å². The van der Waals surface area contributed by atoms with E-state index in [9.17, 15) is 0 Å². The first-order valence-corrected chi connectivity index (χ1v) is 4.14. The van der Waals surface area contributed by atoms with Crippen LogP contribution in [0.2, 0.25) is 0 Å². The minimum absolute atomic E-state index is 0.203. The lowest BCUT2D eigenvalue weighted by Crippen LogP contribution is -2.13. The summed E-state index contributed by atoms with van der Waals surface area (Å²) < 4.78 is 0. The van der Waals surface area contributed by atoms with Crippen molar-refractivity contribution >= 4 is 11.2 Å². The molecule has 0 bridgehead atoms. The highest BCUT2D eigenvalue weighted by Gasteiger charge is 2.08. The molecule has 1 unspecified atom stereocenters. The van der Waals surface area contributed by atoms with Crippen LogP contribution >= 0.6 is 0 Å². The number of nitrogens with one attached hydrogen (secondary N) is 2. The first kappa shape index (κ1) is 8.12. The Morgan fingerprint density at radius 1 is 1.54 bits per heavy atom. The second-order valence-corrected chi connectivity index (χ2v) is 2.89. The van der Waals surface area contributed by atoms with Gasteiger partial charge in [-0.3, -0.25) is 0 Å². The lowest BCUT2D eigenvalue weighted by Gasteiger charge is -2.04. The zero-order valence-corrected chi connectivity index (χ0v) is 7.57. The number of nitrogens with zero attached hydrogens (tertiary/aromatic N) is 3. The van der Waals surface area contributed by atoms with Crippen LogP contribution in [-0.4, -0.2) is 27.0 Å². The smallest absolute Gasteiger partial charge is 0.180 e. The monoisotopic (exact) mass is 177 g/mol. The fourth-order valence-electron chi connectivity index (χ4n) is 1.12. The Labute approximate surface area is 75.6 Å². The van der Waals surface area contributed by atoms with Crippen molar-refractivity contribution in [2.45, 2.75) is 13.0 Å². The molecule has 2 aromatic heterocycles. The Balaban J connectivity index is 2.49. The molecule has 2 aromatic rings. The second kappa shape index (κ2) is 3.10. The Hall–Kier alpha value is -1.49. The van der Waals surface area contributed by atoms with E-state index in [0.29, 0.717) is 5.65 Å². The summed E-state index contributed by atoms with van der Waals surface area (Å²) in [5, 5.41) is 3.10. The Kier molecular flexibility index (Phi) is 1.94. The van der Waals surface area contributed by atoms with Crippen molar-refractivity contribution in [3.8, 4) is 0 Å². The van der Waals surface area contributed by atoms with Crippen molar-refractivity contribution in [1.29, 1.82) is 0 Å². The van der Waals surface area contributed by atoms with Gasteiger partial charge in [-0.25, -0.2) is 15.0 Å². The number of aromatic amines is 1. The van der Waals surface area contributed by atoms with Crippen molar-refractivity contribution in [3.05, 3.63) is 18.3 Å². The minimum Gasteiger partial charge on any atom is -0.338 e. The third-order valence-corrected chi connectivity index (χ3v) is 2.02. The van der Waals surface area contributed by atoms with Gasteiger partial charge in [-0.05, 0) is 14.0 Å². The fourth-order valence-corrected chi connectivity index (χ4v) is 1.12. The molecule has 0 aliphatic carbocycles. The molecule has 5 nitrogen and oxygen atoms in total. The molecule has 2 rings (SSSR count). The zero-order chi connectivity index (χ0) is 9.26. The molecular weight excluding hydrogens is 166 g/mol. The van der Waals surface area contributed by atoms with Gasteiger partial charge in [-0.2, -0.15) is 0 Å². The number of hydrogen-bond donors (Lipinski definition) is 2. The van der Waals surface area contributed by atoms with Gasteiger partial charge in [0.25, 0.3) is 0 Å². The van der Waals surface area contributed by atoms with Gasteiger partial charge in [0.05, 0.1) is 12.2 Å². The molecule has 0 spiro atoms. The van der Waals surface area contributed by atoms with E-state index in [1.807, 2.05) is 14.0 Å². The van der Waals surface area contributed by atoms with E-state index in [1.165, 1.54) is 6.33 Å². The van der Waals surface area contributed by atoms with Gasteiger partial charge in [0.15, 0.2) is 5.65 Å². The highest BCUT2D eigenvalue weighted by molar-refractivity contribution is 5.68. The maximum Gasteiger partial charge on any atom is 0.180 e. The predicted octanol–water partition coefficient (Wildman–Crippen LogP) is 0.633. The minimum atomic E-state index is 0.203. The van der Waals surface area contributed by atoms with Crippen LogP contribution in [0.5, 0.6) is 0 Å². The van der Waals surface area contributed by atoms with E-state index >= 15 is 0 Å². The van der Waals surface area contributed by atoms with Crippen molar-refractivity contribution in [1.82, 2.24) is 25.3 Å². The molecule has 2 N–H and O–H groups in total. The standard InChI is InChI=1S/C8H11N5/c1-5(9-2)7-12-6-3-10-4-11-8(6)13-7/h3-5,9H,1-2H3,(H,10,11,12,13). The molecule has 1 atom stereocenters. The van der Waals surface area contributed by atoms with Gasteiger partial charge in [0, 0.05) is 0 Å². The lowest BCUT2D eigenvalue weighted by molar-refractivity contribution is 0.620. The van der Waals surface area contributed by atoms with Crippen molar-refractivity contribution < 1.29 is 0 Å². The van der Waals surface area contributed by atoms with Crippen LogP contribution in [0, 0.1) is 0 Å². The number of H-pyrrole nitrogens is 1. The highest BCUT2D eigenvalue weighted by Crippen LogP contribution is 2.11. The van der Waals surface area contributed by atoms with Gasteiger partial charge in [-0.15, -0.1) is 0 Å². The normalized spacial score (nSPS) is 13.4. The van der Waals surface area contributed by atoms with Gasteiger partial charge in [-0.1, -0.05) is 0 Å². The van der Waals surface area contributed by atoms with Crippen LogP contribution < -0.4 is 5.32 Å². The molecule has 0 fully saturated rings. The average molecular weight is 177 g/mol. The Morgan fingerprint density at radius 2 is 2.38 bits per heavy atom. The summed E-state index contributed by atoms with van der Waals surface area (Å²) in [6, 6.07) is 0.203. The number of imidazole rings is 1. The topological polar surface area (TPSA) is 66.5 Å². The number of rotatable bonds is 2. The first-order chi connectivity index (χ1) is 6.31. The van der Waals surface area contributed by atoms with Crippen LogP contribution in [0.3, 0.4) is 0 Å². The van der Waals surface area contributed by atoms with Crippen LogP contribution in [0.1, 0.15) is 18.8 Å². The summed E-state index contributed by atoms with van der Waals surface area (Å²) >= 11 is 0. The molecule has 0 aliphatic heterocycles. The van der Waals surface area contributed by atoms with E-state index < -0.39 is 0 Å². The molecular formula is C8H11N5.